The first kappa shape index (κ1) is 12.7. The van der Waals surface area contributed by atoms with E-state index < -0.39 is 0 Å². The third-order valence-corrected chi connectivity index (χ3v) is 4.08. The van der Waals surface area contributed by atoms with Gasteiger partial charge in [-0.25, -0.2) is 0 Å². The average molecular weight is 237 g/mol. The monoisotopic (exact) mass is 237 g/mol. The molecule has 1 unspecified atom stereocenters. The van der Waals surface area contributed by atoms with Crippen molar-refractivity contribution in [1.82, 2.24) is 5.32 Å². The molecule has 0 aliphatic heterocycles. The first-order valence-electron chi connectivity index (χ1n) is 6.62. The molecular formula is C14H23NO2. The van der Waals surface area contributed by atoms with Crippen LogP contribution in [0.1, 0.15) is 50.6 Å². The van der Waals surface area contributed by atoms with Crippen LogP contribution < -0.4 is 5.32 Å². The normalized spacial score (nSPS) is 21.3. The summed E-state index contributed by atoms with van der Waals surface area (Å²) in [5.74, 6) is 0. The molecule has 1 heterocycles. The summed E-state index contributed by atoms with van der Waals surface area (Å²) in [7, 11) is 0. The van der Waals surface area contributed by atoms with Gasteiger partial charge in [-0.1, -0.05) is 19.3 Å². The number of nitrogens with one attached hydrogen (secondary N) is 1. The van der Waals surface area contributed by atoms with Gasteiger partial charge >= 0.3 is 0 Å². The van der Waals surface area contributed by atoms with Gasteiger partial charge in [0.1, 0.15) is 0 Å². The largest absolute Gasteiger partial charge is 0.472 e. The van der Waals surface area contributed by atoms with Gasteiger partial charge in [-0.2, -0.15) is 0 Å². The summed E-state index contributed by atoms with van der Waals surface area (Å²) in [4.78, 5) is 0. The number of aliphatic hydroxyl groups is 1. The van der Waals surface area contributed by atoms with E-state index in [1.165, 1.54) is 24.8 Å². The van der Waals surface area contributed by atoms with E-state index in [4.69, 9.17) is 4.42 Å². The fourth-order valence-electron chi connectivity index (χ4n) is 2.70. The van der Waals surface area contributed by atoms with Gasteiger partial charge in [0, 0.05) is 30.2 Å². The van der Waals surface area contributed by atoms with Crippen molar-refractivity contribution < 1.29 is 9.52 Å². The number of aliphatic hydroxyl groups excluding tert-OH is 1. The highest BCUT2D eigenvalue weighted by atomic mass is 16.3. The Morgan fingerprint density at radius 3 is 2.76 bits per heavy atom. The van der Waals surface area contributed by atoms with Crippen molar-refractivity contribution in [1.29, 1.82) is 0 Å². The van der Waals surface area contributed by atoms with Crippen LogP contribution in [-0.2, 0) is 0 Å². The van der Waals surface area contributed by atoms with Crippen molar-refractivity contribution in [3.05, 3.63) is 24.2 Å². The Kier molecular flexibility index (Phi) is 4.24. The molecule has 1 aromatic rings. The quantitative estimate of drug-likeness (QED) is 0.827. The van der Waals surface area contributed by atoms with Crippen molar-refractivity contribution in [2.75, 3.05) is 13.2 Å². The van der Waals surface area contributed by atoms with E-state index in [2.05, 4.69) is 12.2 Å². The summed E-state index contributed by atoms with van der Waals surface area (Å²) < 4.78 is 5.09. The molecule has 3 heteroatoms. The Hall–Kier alpha value is -0.800. The topological polar surface area (TPSA) is 45.4 Å². The molecule has 0 saturated heterocycles. The van der Waals surface area contributed by atoms with Gasteiger partial charge in [0.2, 0.25) is 0 Å². The van der Waals surface area contributed by atoms with Crippen LogP contribution in [0.2, 0.25) is 0 Å². The van der Waals surface area contributed by atoms with E-state index in [1.54, 1.807) is 12.5 Å². The highest BCUT2D eigenvalue weighted by molar-refractivity contribution is 5.10. The van der Waals surface area contributed by atoms with Gasteiger partial charge in [0.15, 0.2) is 0 Å². The molecule has 1 aliphatic rings. The van der Waals surface area contributed by atoms with Crippen LogP contribution in [0, 0.1) is 5.41 Å². The predicted octanol–water partition coefficient (Wildman–Crippen LogP) is 2.87. The molecule has 96 valence electrons. The van der Waals surface area contributed by atoms with E-state index in [9.17, 15) is 5.11 Å². The number of hydrogen-bond acceptors (Lipinski definition) is 3. The minimum Gasteiger partial charge on any atom is -0.472 e. The van der Waals surface area contributed by atoms with Gasteiger partial charge < -0.3 is 14.8 Å². The second-order valence-electron chi connectivity index (χ2n) is 5.38. The lowest BCUT2D eigenvalue weighted by atomic mass is 9.74. The van der Waals surface area contributed by atoms with Crippen molar-refractivity contribution in [3.8, 4) is 0 Å². The van der Waals surface area contributed by atoms with E-state index in [1.807, 2.05) is 6.07 Å². The molecule has 0 spiro atoms. The molecule has 17 heavy (non-hydrogen) atoms. The highest BCUT2D eigenvalue weighted by Crippen LogP contribution is 2.35. The zero-order valence-corrected chi connectivity index (χ0v) is 10.6. The van der Waals surface area contributed by atoms with Crippen LogP contribution in [0.15, 0.2) is 23.0 Å². The summed E-state index contributed by atoms with van der Waals surface area (Å²) in [6.07, 6.45) is 9.60. The number of rotatable bonds is 5. The molecule has 1 aliphatic carbocycles. The van der Waals surface area contributed by atoms with E-state index in [-0.39, 0.29) is 5.41 Å². The molecule has 1 fully saturated rings. The van der Waals surface area contributed by atoms with Crippen LogP contribution in [-0.4, -0.2) is 18.3 Å². The fourth-order valence-corrected chi connectivity index (χ4v) is 2.70. The molecule has 0 aromatic carbocycles. The average Bonchev–Trinajstić information content (AvgIpc) is 2.91. The molecule has 2 rings (SSSR count). The number of hydrogen-bond donors (Lipinski definition) is 2. The molecule has 1 saturated carbocycles. The fraction of sp³-hybridized carbons (Fsp3) is 0.714. The predicted molar refractivity (Wildman–Crippen MR) is 67.7 cm³/mol. The standard InChI is InChI=1S/C14H23NO2/c1-12(13-5-8-17-9-13)15-10-14(11-16)6-3-2-4-7-14/h5,8-9,12,15-16H,2-4,6-7,10-11H2,1H3. The van der Waals surface area contributed by atoms with Crippen molar-refractivity contribution in [2.24, 2.45) is 5.41 Å². The Bertz CT molecular complexity index is 315. The Balaban J connectivity index is 1.87. The summed E-state index contributed by atoms with van der Waals surface area (Å²) in [6, 6.07) is 2.28. The molecule has 1 aromatic heterocycles. The molecule has 3 nitrogen and oxygen atoms in total. The van der Waals surface area contributed by atoms with Crippen LogP contribution in [0.3, 0.4) is 0 Å². The number of furan rings is 1. The molecule has 0 amide bonds. The van der Waals surface area contributed by atoms with Crippen LogP contribution in [0.5, 0.6) is 0 Å². The summed E-state index contributed by atoms with van der Waals surface area (Å²) in [5, 5.41) is 13.2. The van der Waals surface area contributed by atoms with E-state index in [0.717, 1.165) is 19.4 Å². The van der Waals surface area contributed by atoms with Crippen LogP contribution in [0.25, 0.3) is 0 Å². The Labute approximate surface area is 103 Å². The smallest absolute Gasteiger partial charge is 0.0950 e. The molecular weight excluding hydrogens is 214 g/mol. The third kappa shape index (κ3) is 3.11. The highest BCUT2D eigenvalue weighted by Gasteiger charge is 2.31. The van der Waals surface area contributed by atoms with E-state index in [0.29, 0.717) is 12.6 Å². The maximum absolute atomic E-state index is 9.63. The van der Waals surface area contributed by atoms with Crippen molar-refractivity contribution in [3.63, 3.8) is 0 Å². The zero-order valence-electron chi connectivity index (χ0n) is 10.6. The second-order valence-corrected chi connectivity index (χ2v) is 5.38. The van der Waals surface area contributed by atoms with Gasteiger partial charge in [-0.05, 0) is 25.8 Å². The maximum Gasteiger partial charge on any atom is 0.0950 e. The van der Waals surface area contributed by atoms with Gasteiger partial charge in [-0.15, -0.1) is 0 Å². The molecule has 0 radical (unpaired) electrons. The molecule has 1 atom stereocenters. The molecule has 0 bridgehead atoms. The Morgan fingerprint density at radius 2 is 2.18 bits per heavy atom. The van der Waals surface area contributed by atoms with E-state index >= 15 is 0 Å². The zero-order chi connectivity index (χ0) is 12.1. The van der Waals surface area contributed by atoms with Gasteiger partial charge in [0.05, 0.1) is 12.5 Å². The van der Waals surface area contributed by atoms with Crippen molar-refractivity contribution >= 4 is 0 Å². The summed E-state index contributed by atoms with van der Waals surface area (Å²) in [6.45, 7) is 3.34. The van der Waals surface area contributed by atoms with Crippen LogP contribution >= 0.6 is 0 Å². The van der Waals surface area contributed by atoms with Gasteiger partial charge in [0.25, 0.3) is 0 Å². The first-order valence-corrected chi connectivity index (χ1v) is 6.62. The van der Waals surface area contributed by atoms with Gasteiger partial charge in [-0.3, -0.25) is 0 Å². The van der Waals surface area contributed by atoms with Crippen LogP contribution in [0.4, 0.5) is 0 Å². The SMILES string of the molecule is CC(NCC1(CO)CCCCC1)c1ccoc1. The first-order chi connectivity index (χ1) is 8.26. The summed E-state index contributed by atoms with van der Waals surface area (Å²) >= 11 is 0. The lowest BCUT2D eigenvalue weighted by molar-refractivity contribution is 0.0788. The molecule has 2 N–H and O–H groups in total. The summed E-state index contributed by atoms with van der Waals surface area (Å²) in [5.41, 5.74) is 1.28. The minimum atomic E-state index is 0.107. The van der Waals surface area contributed by atoms with Crippen molar-refractivity contribution in [2.45, 2.75) is 45.1 Å². The lowest BCUT2D eigenvalue weighted by Crippen LogP contribution is -2.39. The minimum absolute atomic E-state index is 0.107. The maximum atomic E-state index is 9.63. The second kappa shape index (κ2) is 5.69. The third-order valence-electron chi connectivity index (χ3n) is 4.08. The Morgan fingerprint density at radius 1 is 1.41 bits per heavy atom. The lowest BCUT2D eigenvalue weighted by Gasteiger charge is -2.36.